The first-order chi connectivity index (χ1) is 22.3. The van der Waals surface area contributed by atoms with Crippen LogP contribution in [0.25, 0.3) is 0 Å². The highest BCUT2D eigenvalue weighted by molar-refractivity contribution is 6.18. The van der Waals surface area contributed by atoms with Crippen LogP contribution in [0.5, 0.6) is 0 Å². The van der Waals surface area contributed by atoms with Gasteiger partial charge in [0, 0.05) is 5.88 Å². The summed E-state index contributed by atoms with van der Waals surface area (Å²) in [5.41, 5.74) is 4.21. The van der Waals surface area contributed by atoms with Crippen molar-refractivity contribution < 1.29 is 28.4 Å². The van der Waals surface area contributed by atoms with Gasteiger partial charge in [0.05, 0.1) is 39.6 Å². The van der Waals surface area contributed by atoms with Gasteiger partial charge in [-0.2, -0.15) is 0 Å². The zero-order chi connectivity index (χ0) is 30.9. The van der Waals surface area contributed by atoms with Gasteiger partial charge >= 0.3 is 0 Å². The van der Waals surface area contributed by atoms with E-state index in [0.717, 1.165) is 22.3 Å². The van der Waals surface area contributed by atoms with Crippen molar-refractivity contribution in [2.45, 2.75) is 57.1 Å². The second-order valence-corrected chi connectivity index (χ2v) is 11.1. The zero-order valence-electron chi connectivity index (χ0n) is 25.4. The lowest BCUT2D eigenvalue weighted by Crippen LogP contribution is -2.61. The number of benzene rings is 4. The molecule has 1 aliphatic rings. The quantitative estimate of drug-likeness (QED) is 0.0892. The Morgan fingerprint density at radius 1 is 0.511 bits per heavy atom. The van der Waals surface area contributed by atoms with Crippen molar-refractivity contribution in [2.75, 3.05) is 19.1 Å². The van der Waals surface area contributed by atoms with Gasteiger partial charge in [-0.25, -0.2) is 0 Å². The first kappa shape index (κ1) is 33.0. The molecule has 7 heteroatoms. The molecule has 1 heterocycles. The minimum atomic E-state index is -0.739. The Labute approximate surface area is 271 Å². The number of ether oxygens (including phenoxy) is 6. The predicted molar refractivity (Wildman–Crippen MR) is 176 cm³/mol. The van der Waals surface area contributed by atoms with Gasteiger partial charge in [0.15, 0.2) is 6.29 Å². The van der Waals surface area contributed by atoms with Crippen LogP contribution < -0.4 is 0 Å². The molecule has 0 radical (unpaired) electrons. The molecule has 0 aromatic heterocycles. The van der Waals surface area contributed by atoms with E-state index in [1.54, 1.807) is 0 Å². The van der Waals surface area contributed by atoms with Gasteiger partial charge in [0.1, 0.15) is 24.4 Å². The lowest BCUT2D eigenvalue weighted by atomic mass is 9.97. The van der Waals surface area contributed by atoms with E-state index < -0.39 is 30.7 Å². The van der Waals surface area contributed by atoms with Gasteiger partial charge in [0.2, 0.25) is 0 Å². The Morgan fingerprint density at radius 3 is 1.44 bits per heavy atom. The molecular weight excluding hydrogens is 588 g/mol. The fraction of sp³-hybridized carbons (Fsp3) is 0.316. The monoisotopic (exact) mass is 628 g/mol. The molecule has 0 unspecified atom stereocenters. The van der Waals surface area contributed by atoms with Crippen molar-refractivity contribution in [1.82, 2.24) is 0 Å². The maximum absolute atomic E-state index is 6.72. The van der Waals surface area contributed by atoms with Gasteiger partial charge in [-0.3, -0.25) is 0 Å². The van der Waals surface area contributed by atoms with Crippen molar-refractivity contribution in [1.29, 1.82) is 0 Å². The smallest absolute Gasteiger partial charge is 0.187 e. The predicted octanol–water partition coefficient (Wildman–Crippen LogP) is 7.50. The van der Waals surface area contributed by atoms with E-state index in [0.29, 0.717) is 38.9 Å². The molecule has 5 rings (SSSR count). The molecule has 236 valence electrons. The molecule has 1 saturated heterocycles. The van der Waals surface area contributed by atoms with Crippen LogP contribution in [0.4, 0.5) is 0 Å². The van der Waals surface area contributed by atoms with E-state index >= 15 is 0 Å². The van der Waals surface area contributed by atoms with Crippen LogP contribution in [0.1, 0.15) is 22.3 Å². The normalized spacial score (nSPS) is 21.7. The van der Waals surface area contributed by atoms with E-state index in [9.17, 15) is 0 Å². The summed E-state index contributed by atoms with van der Waals surface area (Å²) in [6.45, 7) is 2.14. The van der Waals surface area contributed by atoms with Crippen LogP contribution in [0.15, 0.2) is 133 Å². The average molecular weight is 629 g/mol. The molecule has 1 fully saturated rings. The summed E-state index contributed by atoms with van der Waals surface area (Å²) >= 11 is 5.88. The number of rotatable bonds is 17. The maximum atomic E-state index is 6.72. The standard InChI is InChI=1S/C38H41ClO6/c39-23-13-14-24-41-38-37(44-28-33-21-11-4-12-22-33)36(43-27-32-19-9-3-10-20-32)35(42-26-31-17-7-2-8-18-31)34(45-38)29-40-25-30-15-5-1-6-16-30/h1-22,34-38H,23-29H2/b14-13+/t34-,35+,36+,37-,38-/m1/s1. The highest BCUT2D eigenvalue weighted by Crippen LogP contribution is 2.31. The molecule has 1 aliphatic heterocycles. The van der Waals surface area contributed by atoms with E-state index in [1.165, 1.54) is 0 Å². The third kappa shape index (κ3) is 10.6. The minimum Gasteiger partial charge on any atom is -0.374 e. The van der Waals surface area contributed by atoms with Crippen molar-refractivity contribution in [2.24, 2.45) is 0 Å². The summed E-state index contributed by atoms with van der Waals surface area (Å²) in [7, 11) is 0. The Kier molecular flexibility index (Phi) is 13.7. The first-order valence-electron chi connectivity index (χ1n) is 15.4. The van der Waals surface area contributed by atoms with Gasteiger partial charge in [-0.1, -0.05) is 133 Å². The van der Waals surface area contributed by atoms with Gasteiger partial charge in [-0.05, 0) is 22.3 Å². The molecule has 0 N–H and O–H groups in total. The third-order valence-corrected chi connectivity index (χ3v) is 7.63. The van der Waals surface area contributed by atoms with Crippen LogP contribution in [-0.4, -0.2) is 49.8 Å². The number of hydrogen-bond acceptors (Lipinski definition) is 6. The average Bonchev–Trinajstić information content (AvgIpc) is 3.10. The van der Waals surface area contributed by atoms with E-state index in [4.69, 9.17) is 40.0 Å². The molecule has 0 bridgehead atoms. The second kappa shape index (κ2) is 18.6. The second-order valence-electron chi connectivity index (χ2n) is 10.8. The summed E-state index contributed by atoms with van der Waals surface area (Å²) < 4.78 is 39.1. The first-order valence-corrected chi connectivity index (χ1v) is 15.9. The highest BCUT2D eigenvalue weighted by Gasteiger charge is 2.49. The third-order valence-electron chi connectivity index (χ3n) is 7.45. The van der Waals surface area contributed by atoms with Gasteiger partial charge in [0.25, 0.3) is 0 Å². The van der Waals surface area contributed by atoms with Crippen LogP contribution in [0, 0.1) is 0 Å². The topological polar surface area (TPSA) is 55.4 Å². The van der Waals surface area contributed by atoms with Crippen molar-refractivity contribution in [3.8, 4) is 0 Å². The Balaban J connectivity index is 1.42. The van der Waals surface area contributed by atoms with Crippen molar-refractivity contribution in [3.63, 3.8) is 0 Å². The summed E-state index contributed by atoms with van der Waals surface area (Å²) in [4.78, 5) is 0. The maximum Gasteiger partial charge on any atom is 0.187 e. The van der Waals surface area contributed by atoms with Crippen LogP contribution in [-0.2, 0) is 54.8 Å². The van der Waals surface area contributed by atoms with Gasteiger partial charge < -0.3 is 28.4 Å². The number of allylic oxidation sites excluding steroid dienone is 1. The number of hydrogen-bond donors (Lipinski definition) is 0. The molecule has 5 atom stereocenters. The molecule has 0 spiro atoms. The van der Waals surface area contributed by atoms with Crippen LogP contribution in [0.2, 0.25) is 0 Å². The fourth-order valence-corrected chi connectivity index (χ4v) is 5.29. The lowest BCUT2D eigenvalue weighted by molar-refractivity contribution is -0.326. The molecule has 0 aliphatic carbocycles. The van der Waals surface area contributed by atoms with E-state index in [1.807, 2.05) is 133 Å². The molecule has 4 aromatic rings. The lowest BCUT2D eigenvalue weighted by Gasteiger charge is -2.45. The summed E-state index contributed by atoms with van der Waals surface area (Å²) in [6.07, 6.45) is 0.864. The summed E-state index contributed by atoms with van der Waals surface area (Å²) in [6, 6.07) is 40.3. The summed E-state index contributed by atoms with van der Waals surface area (Å²) in [5, 5.41) is 0. The number of alkyl halides is 1. The molecule has 0 saturated carbocycles. The Hall–Kier alpha value is -3.33. The molecule has 4 aromatic carbocycles. The molecular formula is C38H41ClO6. The molecule has 45 heavy (non-hydrogen) atoms. The van der Waals surface area contributed by atoms with Crippen molar-refractivity contribution in [3.05, 3.63) is 156 Å². The fourth-order valence-electron chi connectivity index (χ4n) is 5.16. The van der Waals surface area contributed by atoms with Gasteiger partial charge in [-0.15, -0.1) is 11.6 Å². The highest BCUT2D eigenvalue weighted by atomic mass is 35.5. The minimum absolute atomic E-state index is 0.280. The SMILES string of the molecule is ClC/C=C/CO[C@@H]1O[C@H](COCc2ccccc2)[C@H](OCc2ccccc2)[C@H](OCc2ccccc2)[C@H]1OCc1ccccc1. The summed E-state index contributed by atoms with van der Waals surface area (Å²) in [5.74, 6) is 0.400. The number of halogens is 1. The zero-order valence-corrected chi connectivity index (χ0v) is 26.1. The Morgan fingerprint density at radius 2 is 0.956 bits per heavy atom. The van der Waals surface area contributed by atoms with Crippen molar-refractivity contribution >= 4 is 11.6 Å². The molecule has 6 nitrogen and oxygen atoms in total. The van der Waals surface area contributed by atoms with E-state index in [-0.39, 0.29) is 6.61 Å². The van der Waals surface area contributed by atoms with E-state index in [2.05, 4.69) is 0 Å². The Bertz CT molecular complexity index is 1370. The molecule has 0 amide bonds. The van der Waals surface area contributed by atoms with Crippen LogP contribution >= 0.6 is 11.6 Å². The van der Waals surface area contributed by atoms with Crippen LogP contribution in [0.3, 0.4) is 0 Å². The largest absolute Gasteiger partial charge is 0.374 e.